The van der Waals surface area contributed by atoms with Gasteiger partial charge in [-0.05, 0) is 18.9 Å². The fourth-order valence-corrected chi connectivity index (χ4v) is 2.83. The fourth-order valence-electron chi connectivity index (χ4n) is 2.83. The van der Waals surface area contributed by atoms with Crippen LogP contribution in [-0.4, -0.2) is 58.7 Å². The van der Waals surface area contributed by atoms with Crippen LogP contribution in [-0.2, 0) is 6.54 Å². The molecule has 0 amide bonds. The van der Waals surface area contributed by atoms with Crippen molar-refractivity contribution in [3.05, 3.63) is 36.0 Å². The zero-order chi connectivity index (χ0) is 18.4. The minimum atomic E-state index is 0.359. The van der Waals surface area contributed by atoms with E-state index in [0.717, 1.165) is 56.1 Å². The average molecular weight is 357 g/mol. The van der Waals surface area contributed by atoms with Crippen molar-refractivity contribution in [3.8, 4) is 0 Å². The first-order chi connectivity index (χ1) is 12.7. The molecule has 0 atom stereocenters. The Labute approximate surface area is 154 Å². The number of piperazine rings is 1. The Morgan fingerprint density at radius 2 is 1.96 bits per heavy atom. The number of rotatable bonds is 5. The molecular weight excluding hydrogens is 330 g/mol. The second-order valence-electron chi connectivity index (χ2n) is 6.57. The molecule has 3 rings (SSSR count). The van der Waals surface area contributed by atoms with Gasteiger partial charge in [-0.25, -0.2) is 15.0 Å². The number of anilines is 1. The van der Waals surface area contributed by atoms with Gasteiger partial charge in [0.15, 0.2) is 11.7 Å². The lowest BCUT2D eigenvalue weighted by atomic mass is 10.1. The van der Waals surface area contributed by atoms with Gasteiger partial charge in [0.05, 0.1) is 5.69 Å². The number of nitrogens with one attached hydrogen (secondary N) is 1. The van der Waals surface area contributed by atoms with E-state index in [2.05, 4.69) is 51.0 Å². The molecule has 8 heteroatoms. The molecule has 3 heterocycles. The van der Waals surface area contributed by atoms with Gasteiger partial charge in [-0.2, -0.15) is 0 Å². The highest BCUT2D eigenvalue weighted by Crippen LogP contribution is 2.15. The second-order valence-corrected chi connectivity index (χ2v) is 6.57. The zero-order valence-corrected chi connectivity index (χ0v) is 15.7. The lowest BCUT2D eigenvalue weighted by Crippen LogP contribution is -2.52. The molecule has 0 aromatic carbocycles. The van der Waals surface area contributed by atoms with Crippen molar-refractivity contribution in [1.29, 1.82) is 0 Å². The summed E-state index contributed by atoms with van der Waals surface area (Å²) in [4.78, 5) is 17.9. The molecule has 8 nitrogen and oxygen atoms in total. The predicted molar refractivity (Wildman–Crippen MR) is 101 cm³/mol. The van der Waals surface area contributed by atoms with E-state index in [1.165, 1.54) is 0 Å². The smallest absolute Gasteiger partial charge is 0.225 e. The van der Waals surface area contributed by atoms with Crippen molar-refractivity contribution >= 4 is 11.9 Å². The number of hydrogen-bond donors (Lipinski definition) is 1. The van der Waals surface area contributed by atoms with Crippen LogP contribution in [0, 0.1) is 0 Å². The molecule has 1 fully saturated rings. The fraction of sp³-hybridized carbons (Fsp3) is 0.556. The van der Waals surface area contributed by atoms with Crippen molar-refractivity contribution in [2.45, 2.75) is 33.2 Å². The van der Waals surface area contributed by atoms with E-state index in [4.69, 9.17) is 9.52 Å². The molecule has 1 aliphatic rings. The van der Waals surface area contributed by atoms with E-state index >= 15 is 0 Å². The van der Waals surface area contributed by atoms with Gasteiger partial charge in [-0.1, -0.05) is 19.0 Å². The minimum absolute atomic E-state index is 0.359. The Kier molecular flexibility index (Phi) is 6.04. The Morgan fingerprint density at radius 3 is 2.58 bits per heavy atom. The third-order valence-corrected chi connectivity index (χ3v) is 4.30. The number of hydrogen-bond acceptors (Lipinski definition) is 6. The van der Waals surface area contributed by atoms with Crippen LogP contribution in [0.3, 0.4) is 0 Å². The van der Waals surface area contributed by atoms with Crippen molar-refractivity contribution in [1.82, 2.24) is 25.3 Å². The van der Waals surface area contributed by atoms with Crippen LogP contribution < -0.4 is 10.2 Å². The van der Waals surface area contributed by atoms with E-state index in [9.17, 15) is 0 Å². The van der Waals surface area contributed by atoms with Gasteiger partial charge in [-0.15, -0.1) is 0 Å². The molecule has 1 aliphatic heterocycles. The van der Waals surface area contributed by atoms with E-state index < -0.39 is 0 Å². The summed E-state index contributed by atoms with van der Waals surface area (Å²) < 4.78 is 5.39. The summed E-state index contributed by atoms with van der Waals surface area (Å²) in [5, 5.41) is 7.47. The zero-order valence-electron chi connectivity index (χ0n) is 15.7. The molecule has 0 spiro atoms. The first-order valence-corrected chi connectivity index (χ1v) is 9.18. The highest BCUT2D eigenvalue weighted by Gasteiger charge is 2.21. The van der Waals surface area contributed by atoms with Gasteiger partial charge < -0.3 is 19.6 Å². The van der Waals surface area contributed by atoms with Crippen molar-refractivity contribution in [3.63, 3.8) is 0 Å². The minimum Gasteiger partial charge on any atom is -0.359 e. The van der Waals surface area contributed by atoms with Crippen LogP contribution in [0.25, 0.3) is 0 Å². The summed E-state index contributed by atoms with van der Waals surface area (Å²) in [7, 11) is 0. The predicted octanol–water partition coefficient (Wildman–Crippen LogP) is 1.88. The largest absolute Gasteiger partial charge is 0.359 e. The quantitative estimate of drug-likeness (QED) is 0.646. The number of guanidine groups is 1. The van der Waals surface area contributed by atoms with Crippen LogP contribution >= 0.6 is 0 Å². The van der Waals surface area contributed by atoms with Crippen LogP contribution in [0.5, 0.6) is 0 Å². The van der Waals surface area contributed by atoms with Crippen LogP contribution in [0.1, 0.15) is 38.1 Å². The van der Waals surface area contributed by atoms with Gasteiger partial charge >= 0.3 is 0 Å². The Bertz CT molecular complexity index is 705. The van der Waals surface area contributed by atoms with Gasteiger partial charge in [0, 0.05) is 51.2 Å². The average Bonchev–Trinajstić information content (AvgIpc) is 3.15. The molecule has 1 saturated heterocycles. The normalized spacial score (nSPS) is 15.6. The molecule has 0 radical (unpaired) electrons. The summed E-state index contributed by atoms with van der Waals surface area (Å²) in [5.74, 6) is 2.85. The van der Waals surface area contributed by atoms with E-state index in [1.807, 2.05) is 12.1 Å². The molecule has 2 aromatic heterocycles. The first-order valence-electron chi connectivity index (χ1n) is 9.18. The topological polar surface area (TPSA) is 82.7 Å². The Hall–Kier alpha value is -2.64. The van der Waals surface area contributed by atoms with Crippen molar-refractivity contribution < 1.29 is 4.52 Å². The third-order valence-electron chi connectivity index (χ3n) is 4.30. The second kappa shape index (κ2) is 8.64. The van der Waals surface area contributed by atoms with Crippen LogP contribution in [0.15, 0.2) is 34.0 Å². The lowest BCUT2D eigenvalue weighted by molar-refractivity contribution is 0.362. The molecule has 0 aliphatic carbocycles. The highest BCUT2D eigenvalue weighted by atomic mass is 16.5. The standard InChI is InChI=1S/C18H27N7O/c1-4-19-17(22-13-15-12-16(14(2)3)23-26-15)24-8-10-25(11-9-24)18-20-6-5-7-21-18/h5-7,12,14H,4,8-11,13H2,1-3H3,(H,19,22). The molecule has 0 saturated carbocycles. The van der Waals surface area contributed by atoms with E-state index in [-0.39, 0.29) is 0 Å². The van der Waals surface area contributed by atoms with Crippen molar-refractivity contribution in [2.24, 2.45) is 4.99 Å². The summed E-state index contributed by atoms with van der Waals surface area (Å²) >= 11 is 0. The first kappa shape index (κ1) is 18.2. The molecule has 0 bridgehead atoms. The summed E-state index contributed by atoms with van der Waals surface area (Å²) in [6.45, 7) is 11.1. The molecule has 2 aromatic rings. The van der Waals surface area contributed by atoms with E-state index in [0.29, 0.717) is 12.5 Å². The number of aromatic nitrogens is 3. The molecule has 26 heavy (non-hydrogen) atoms. The Morgan fingerprint density at radius 1 is 1.23 bits per heavy atom. The highest BCUT2D eigenvalue weighted by molar-refractivity contribution is 5.80. The molecule has 0 unspecified atom stereocenters. The van der Waals surface area contributed by atoms with Crippen molar-refractivity contribution in [2.75, 3.05) is 37.6 Å². The molecule has 1 N–H and O–H groups in total. The summed E-state index contributed by atoms with van der Waals surface area (Å²) in [6, 6.07) is 3.83. The Balaban J connectivity index is 1.61. The summed E-state index contributed by atoms with van der Waals surface area (Å²) in [6.07, 6.45) is 3.56. The SMILES string of the molecule is CCNC(=NCc1cc(C(C)C)no1)N1CCN(c2ncccn2)CC1. The maximum atomic E-state index is 5.39. The van der Waals surface area contributed by atoms with Crippen LogP contribution in [0.4, 0.5) is 5.95 Å². The van der Waals surface area contributed by atoms with Gasteiger partial charge in [-0.3, -0.25) is 0 Å². The lowest BCUT2D eigenvalue weighted by Gasteiger charge is -2.36. The maximum absolute atomic E-state index is 5.39. The summed E-state index contributed by atoms with van der Waals surface area (Å²) in [5.41, 5.74) is 0.969. The van der Waals surface area contributed by atoms with Gasteiger partial charge in [0.2, 0.25) is 5.95 Å². The van der Waals surface area contributed by atoms with E-state index in [1.54, 1.807) is 12.4 Å². The third kappa shape index (κ3) is 4.50. The maximum Gasteiger partial charge on any atom is 0.225 e. The molecular formula is C18H27N7O. The van der Waals surface area contributed by atoms with Gasteiger partial charge in [0.25, 0.3) is 0 Å². The van der Waals surface area contributed by atoms with Gasteiger partial charge in [0.1, 0.15) is 6.54 Å². The number of nitrogens with zero attached hydrogens (tertiary/aromatic N) is 6. The number of aliphatic imine (C=N–C) groups is 1. The molecule has 140 valence electrons. The monoisotopic (exact) mass is 357 g/mol. The van der Waals surface area contributed by atoms with Crippen LogP contribution in [0.2, 0.25) is 0 Å².